The van der Waals surface area contributed by atoms with Crippen LogP contribution < -0.4 is 0 Å². The number of esters is 2. The fraction of sp³-hybridized carbons (Fsp3) is 0.200. The first kappa shape index (κ1) is 20.6. The lowest BCUT2D eigenvalue weighted by molar-refractivity contribution is -0.166. The standard InChI is InChI=1S/C20H18O8/c1-11-3-7-13(8-4-11)19(25)27-15(17(21)22)16(18(23)24)28-20(26)14-9-5-12(2)6-10-14/h3-10,15-16H,1-2H3,(H,21,22)(H,23,24)/t15-,16?/m1/s1. The molecule has 0 amide bonds. The molecule has 8 nitrogen and oxygen atoms in total. The molecular formula is C20H18O8. The second-order valence-corrected chi connectivity index (χ2v) is 6.06. The molecule has 0 aliphatic carbocycles. The van der Waals surface area contributed by atoms with E-state index >= 15 is 0 Å². The van der Waals surface area contributed by atoms with Crippen LogP contribution in [-0.4, -0.2) is 46.3 Å². The summed E-state index contributed by atoms with van der Waals surface area (Å²) in [6.07, 6.45) is -4.44. The number of carboxylic acids is 2. The predicted octanol–water partition coefficient (Wildman–Crippen LogP) is 2.22. The Labute approximate surface area is 160 Å². The van der Waals surface area contributed by atoms with Crippen LogP contribution in [0.25, 0.3) is 0 Å². The smallest absolute Gasteiger partial charge is 0.349 e. The summed E-state index contributed by atoms with van der Waals surface area (Å²) >= 11 is 0. The highest BCUT2D eigenvalue weighted by molar-refractivity contribution is 5.95. The Kier molecular flexibility index (Phi) is 6.49. The lowest BCUT2D eigenvalue weighted by Crippen LogP contribution is -2.45. The van der Waals surface area contributed by atoms with E-state index < -0.39 is 36.1 Å². The molecule has 0 heterocycles. The minimum Gasteiger partial charge on any atom is -0.478 e. The number of aliphatic carboxylic acids is 2. The van der Waals surface area contributed by atoms with Crippen LogP contribution in [0.15, 0.2) is 48.5 Å². The van der Waals surface area contributed by atoms with E-state index in [1.807, 2.05) is 0 Å². The van der Waals surface area contributed by atoms with Gasteiger partial charge in [-0.15, -0.1) is 0 Å². The molecule has 8 heteroatoms. The maximum absolute atomic E-state index is 12.2. The van der Waals surface area contributed by atoms with Crippen LogP contribution in [-0.2, 0) is 19.1 Å². The fourth-order valence-electron chi connectivity index (χ4n) is 2.23. The maximum atomic E-state index is 12.2. The fourth-order valence-corrected chi connectivity index (χ4v) is 2.23. The minimum atomic E-state index is -2.22. The van der Waals surface area contributed by atoms with Crippen LogP contribution in [0.1, 0.15) is 31.8 Å². The van der Waals surface area contributed by atoms with Gasteiger partial charge in [0.05, 0.1) is 11.1 Å². The molecule has 2 aromatic carbocycles. The molecule has 2 N–H and O–H groups in total. The van der Waals surface area contributed by atoms with Crippen LogP contribution >= 0.6 is 0 Å². The Morgan fingerprint density at radius 3 is 1.18 bits per heavy atom. The Morgan fingerprint density at radius 1 is 0.643 bits per heavy atom. The number of ether oxygens (including phenoxy) is 2. The lowest BCUT2D eigenvalue weighted by atomic mass is 10.1. The molecule has 0 aliphatic heterocycles. The monoisotopic (exact) mass is 386 g/mol. The van der Waals surface area contributed by atoms with Crippen LogP contribution in [0.3, 0.4) is 0 Å². The molecule has 0 aliphatic rings. The highest BCUT2D eigenvalue weighted by atomic mass is 16.6. The summed E-state index contributed by atoms with van der Waals surface area (Å²) in [6, 6.07) is 12.1. The van der Waals surface area contributed by atoms with Gasteiger partial charge in [0, 0.05) is 0 Å². The second-order valence-electron chi connectivity index (χ2n) is 6.06. The summed E-state index contributed by atoms with van der Waals surface area (Å²) in [5.41, 5.74) is 1.79. The van der Waals surface area contributed by atoms with E-state index in [0.717, 1.165) is 11.1 Å². The second kappa shape index (κ2) is 8.81. The van der Waals surface area contributed by atoms with Gasteiger partial charge < -0.3 is 19.7 Å². The molecule has 28 heavy (non-hydrogen) atoms. The van der Waals surface area contributed by atoms with E-state index in [1.54, 1.807) is 38.1 Å². The van der Waals surface area contributed by atoms with Gasteiger partial charge in [-0.25, -0.2) is 19.2 Å². The van der Waals surface area contributed by atoms with Crippen LogP contribution in [0.2, 0.25) is 0 Å². The summed E-state index contributed by atoms with van der Waals surface area (Å²) in [6.45, 7) is 3.58. The molecule has 0 fully saturated rings. The third-order valence-electron chi connectivity index (χ3n) is 3.80. The Morgan fingerprint density at radius 2 is 0.929 bits per heavy atom. The summed E-state index contributed by atoms with van der Waals surface area (Å²) in [4.78, 5) is 47.3. The van der Waals surface area contributed by atoms with Gasteiger partial charge in [-0.05, 0) is 38.1 Å². The van der Waals surface area contributed by atoms with Crippen molar-refractivity contribution in [3.63, 3.8) is 0 Å². The number of carbonyl (C=O) groups excluding carboxylic acids is 2. The first-order valence-corrected chi connectivity index (χ1v) is 8.20. The van der Waals surface area contributed by atoms with Crippen molar-refractivity contribution in [2.75, 3.05) is 0 Å². The van der Waals surface area contributed by atoms with E-state index in [2.05, 4.69) is 0 Å². The molecule has 146 valence electrons. The molecule has 2 aromatic rings. The van der Waals surface area contributed by atoms with Gasteiger partial charge in [0.15, 0.2) is 0 Å². The summed E-state index contributed by atoms with van der Waals surface area (Å²) in [5.74, 6) is -5.62. The normalized spacial score (nSPS) is 12.5. The van der Waals surface area contributed by atoms with Crippen molar-refractivity contribution in [1.82, 2.24) is 0 Å². The summed E-state index contributed by atoms with van der Waals surface area (Å²) < 4.78 is 9.64. The molecule has 2 atom stereocenters. The van der Waals surface area contributed by atoms with Gasteiger partial charge in [-0.3, -0.25) is 0 Å². The predicted molar refractivity (Wildman–Crippen MR) is 96.0 cm³/mol. The summed E-state index contributed by atoms with van der Waals surface area (Å²) in [7, 11) is 0. The third kappa shape index (κ3) is 5.16. The molecule has 0 saturated carbocycles. The van der Waals surface area contributed by atoms with Crippen molar-refractivity contribution in [1.29, 1.82) is 0 Å². The van der Waals surface area contributed by atoms with E-state index in [-0.39, 0.29) is 11.1 Å². The zero-order valence-electron chi connectivity index (χ0n) is 15.1. The van der Waals surface area contributed by atoms with Crippen molar-refractivity contribution < 1.29 is 38.9 Å². The number of hydrogen-bond acceptors (Lipinski definition) is 6. The highest BCUT2D eigenvalue weighted by Gasteiger charge is 2.41. The SMILES string of the molecule is Cc1ccc(C(=O)OC(C(=O)O)[C@@H](OC(=O)c2ccc(C)cc2)C(=O)O)cc1. The number of benzene rings is 2. The van der Waals surface area contributed by atoms with Crippen LogP contribution in [0.5, 0.6) is 0 Å². The van der Waals surface area contributed by atoms with Crippen molar-refractivity contribution in [2.24, 2.45) is 0 Å². The number of rotatable bonds is 7. The highest BCUT2D eigenvalue weighted by Crippen LogP contribution is 2.14. The molecule has 0 saturated heterocycles. The minimum absolute atomic E-state index is 0.0332. The van der Waals surface area contributed by atoms with Crippen molar-refractivity contribution >= 4 is 23.9 Å². The van der Waals surface area contributed by atoms with Crippen LogP contribution in [0.4, 0.5) is 0 Å². The van der Waals surface area contributed by atoms with Gasteiger partial charge in [0.25, 0.3) is 0 Å². The van der Waals surface area contributed by atoms with Gasteiger partial charge in [0.1, 0.15) is 0 Å². The van der Waals surface area contributed by atoms with Gasteiger partial charge >= 0.3 is 23.9 Å². The molecule has 1 unspecified atom stereocenters. The molecule has 0 radical (unpaired) electrons. The van der Waals surface area contributed by atoms with Gasteiger partial charge in [0.2, 0.25) is 12.2 Å². The zero-order chi connectivity index (χ0) is 20.8. The number of carbonyl (C=O) groups is 4. The molecular weight excluding hydrogens is 368 g/mol. The first-order valence-electron chi connectivity index (χ1n) is 8.20. The lowest BCUT2D eigenvalue weighted by Gasteiger charge is -2.21. The van der Waals surface area contributed by atoms with Gasteiger partial charge in [-0.1, -0.05) is 35.4 Å². The third-order valence-corrected chi connectivity index (χ3v) is 3.80. The summed E-state index contributed by atoms with van der Waals surface area (Å²) in [5, 5.41) is 18.6. The van der Waals surface area contributed by atoms with E-state index in [4.69, 9.17) is 9.47 Å². The number of hydrogen-bond donors (Lipinski definition) is 2. The molecule has 0 spiro atoms. The van der Waals surface area contributed by atoms with Crippen molar-refractivity contribution in [3.8, 4) is 0 Å². The average Bonchev–Trinajstić information content (AvgIpc) is 2.64. The van der Waals surface area contributed by atoms with E-state index in [0.29, 0.717) is 0 Å². The number of carboxylic acid groups (broad SMARTS) is 2. The first-order chi connectivity index (χ1) is 13.2. The molecule has 0 aromatic heterocycles. The Hall–Kier alpha value is -3.68. The van der Waals surface area contributed by atoms with Gasteiger partial charge in [-0.2, -0.15) is 0 Å². The Balaban J connectivity index is 2.21. The molecule has 2 rings (SSSR count). The van der Waals surface area contributed by atoms with Crippen molar-refractivity contribution in [3.05, 3.63) is 70.8 Å². The van der Waals surface area contributed by atoms with Crippen molar-refractivity contribution in [2.45, 2.75) is 26.1 Å². The zero-order valence-corrected chi connectivity index (χ0v) is 15.1. The molecule has 0 bridgehead atoms. The largest absolute Gasteiger partial charge is 0.478 e. The van der Waals surface area contributed by atoms with E-state index in [1.165, 1.54) is 24.3 Å². The van der Waals surface area contributed by atoms with E-state index in [9.17, 15) is 29.4 Å². The number of aryl methyl sites for hydroxylation is 2. The average molecular weight is 386 g/mol. The van der Waals surface area contributed by atoms with Crippen LogP contribution in [0, 0.1) is 13.8 Å². The Bertz CT molecular complexity index is 808. The topological polar surface area (TPSA) is 127 Å². The maximum Gasteiger partial charge on any atom is 0.349 e. The quantitative estimate of drug-likeness (QED) is 0.694.